The summed E-state index contributed by atoms with van der Waals surface area (Å²) in [6.07, 6.45) is 0. The second-order valence-corrected chi connectivity index (χ2v) is 4.80. The molecule has 5 heteroatoms. The van der Waals surface area contributed by atoms with Crippen molar-refractivity contribution >= 4 is 17.4 Å². The summed E-state index contributed by atoms with van der Waals surface area (Å²) in [7, 11) is 0. The van der Waals surface area contributed by atoms with Gasteiger partial charge >= 0.3 is 0 Å². The van der Waals surface area contributed by atoms with E-state index in [4.69, 9.17) is 16.3 Å². The third-order valence-electron chi connectivity index (χ3n) is 2.90. The second kappa shape index (κ2) is 7.22. The van der Waals surface area contributed by atoms with Gasteiger partial charge in [0.15, 0.2) is 5.82 Å². The quantitative estimate of drug-likeness (QED) is 0.826. The van der Waals surface area contributed by atoms with Crippen molar-refractivity contribution in [3.8, 4) is 0 Å². The van der Waals surface area contributed by atoms with Crippen LogP contribution in [0.5, 0.6) is 0 Å². The van der Waals surface area contributed by atoms with Gasteiger partial charge in [0, 0.05) is 19.2 Å². The Morgan fingerprint density at radius 2 is 2.05 bits per heavy atom. The maximum Gasteiger partial charge on any atom is 0.158 e. The lowest BCUT2D eigenvalue weighted by Crippen LogP contribution is -2.06. The predicted octanol–water partition coefficient (Wildman–Crippen LogP) is 3.59. The molecule has 0 aliphatic carbocycles. The molecule has 0 unspecified atom stereocenters. The first kappa shape index (κ1) is 14.8. The number of nitrogens with zero attached hydrogens (tertiary/aromatic N) is 2. The minimum atomic E-state index is 0.371. The molecule has 0 atom stereocenters. The number of anilines is 1. The fourth-order valence-corrected chi connectivity index (χ4v) is 2.01. The van der Waals surface area contributed by atoms with E-state index >= 15 is 0 Å². The fraction of sp³-hybridized carbons (Fsp3) is 0.333. The number of aryl methyl sites for hydroxylation is 1. The topological polar surface area (TPSA) is 47.0 Å². The number of halogens is 1. The summed E-state index contributed by atoms with van der Waals surface area (Å²) in [6, 6.07) is 9.95. The Morgan fingerprint density at radius 3 is 2.80 bits per heavy atom. The zero-order chi connectivity index (χ0) is 14.4. The van der Waals surface area contributed by atoms with Crippen LogP contribution in [0, 0.1) is 6.92 Å². The highest BCUT2D eigenvalue weighted by Crippen LogP contribution is 2.14. The summed E-state index contributed by atoms with van der Waals surface area (Å²) < 4.78 is 5.30. The molecule has 4 nitrogen and oxygen atoms in total. The van der Waals surface area contributed by atoms with Crippen molar-refractivity contribution in [1.29, 1.82) is 0 Å². The molecule has 0 fully saturated rings. The summed E-state index contributed by atoms with van der Waals surface area (Å²) >= 11 is 6.00. The molecule has 0 radical (unpaired) electrons. The molecule has 1 N–H and O–H groups in total. The van der Waals surface area contributed by atoms with Gasteiger partial charge in [-0.2, -0.15) is 0 Å². The van der Waals surface area contributed by atoms with Gasteiger partial charge in [0.05, 0.1) is 0 Å². The van der Waals surface area contributed by atoms with Gasteiger partial charge in [-0.25, -0.2) is 9.97 Å². The van der Waals surface area contributed by atoms with Gasteiger partial charge in [0.1, 0.15) is 17.6 Å². The zero-order valence-corrected chi connectivity index (χ0v) is 12.4. The Labute approximate surface area is 124 Å². The predicted molar refractivity (Wildman–Crippen MR) is 80.9 cm³/mol. The maximum absolute atomic E-state index is 6.00. The van der Waals surface area contributed by atoms with Gasteiger partial charge in [0.25, 0.3) is 0 Å². The van der Waals surface area contributed by atoms with Gasteiger partial charge in [-0.1, -0.05) is 35.9 Å². The molecule has 2 rings (SSSR count). The van der Waals surface area contributed by atoms with Crippen LogP contribution in [0.2, 0.25) is 5.15 Å². The largest absolute Gasteiger partial charge is 0.374 e. The van der Waals surface area contributed by atoms with E-state index in [2.05, 4.69) is 34.3 Å². The van der Waals surface area contributed by atoms with Crippen molar-refractivity contribution in [2.24, 2.45) is 0 Å². The van der Waals surface area contributed by atoms with E-state index in [0.717, 1.165) is 0 Å². The van der Waals surface area contributed by atoms with Crippen LogP contribution in [0.15, 0.2) is 30.3 Å². The van der Waals surface area contributed by atoms with Gasteiger partial charge in [-0.3, -0.25) is 0 Å². The SMILES string of the molecule is CCOCc1nc(Cl)cc(NCc2ccccc2C)n1. The molecule has 0 saturated carbocycles. The molecule has 1 heterocycles. The molecular formula is C15H18ClN3O. The molecule has 0 amide bonds. The lowest BCUT2D eigenvalue weighted by Gasteiger charge is -2.09. The molecule has 0 bridgehead atoms. The Morgan fingerprint density at radius 1 is 1.25 bits per heavy atom. The van der Waals surface area contributed by atoms with Gasteiger partial charge in [0.2, 0.25) is 0 Å². The number of rotatable bonds is 6. The highest BCUT2D eigenvalue weighted by Gasteiger charge is 2.04. The fourth-order valence-electron chi connectivity index (χ4n) is 1.81. The smallest absolute Gasteiger partial charge is 0.158 e. The Bertz CT molecular complexity index is 575. The Kier molecular flexibility index (Phi) is 5.32. The lowest BCUT2D eigenvalue weighted by molar-refractivity contribution is 0.128. The van der Waals surface area contributed by atoms with E-state index in [1.54, 1.807) is 6.07 Å². The van der Waals surface area contributed by atoms with Gasteiger partial charge in [-0.15, -0.1) is 0 Å². The van der Waals surface area contributed by atoms with E-state index in [0.29, 0.717) is 36.6 Å². The van der Waals surface area contributed by atoms with Gasteiger partial charge in [-0.05, 0) is 25.0 Å². The minimum absolute atomic E-state index is 0.371. The molecular weight excluding hydrogens is 274 g/mol. The molecule has 0 aliphatic heterocycles. The third-order valence-corrected chi connectivity index (χ3v) is 3.09. The normalized spacial score (nSPS) is 10.6. The molecule has 20 heavy (non-hydrogen) atoms. The average molecular weight is 292 g/mol. The number of ether oxygens (including phenoxy) is 1. The molecule has 106 valence electrons. The van der Waals surface area contributed by atoms with Crippen LogP contribution >= 0.6 is 11.6 Å². The van der Waals surface area contributed by atoms with Crippen LogP contribution in [0.25, 0.3) is 0 Å². The summed E-state index contributed by atoms with van der Waals surface area (Å²) in [5, 5.41) is 3.69. The van der Waals surface area contributed by atoms with Crippen LogP contribution in [0.3, 0.4) is 0 Å². The van der Waals surface area contributed by atoms with E-state index in [1.807, 2.05) is 19.1 Å². The minimum Gasteiger partial charge on any atom is -0.374 e. The third kappa shape index (κ3) is 4.18. The van der Waals surface area contributed by atoms with E-state index in [9.17, 15) is 0 Å². The monoisotopic (exact) mass is 291 g/mol. The van der Waals surface area contributed by atoms with Crippen molar-refractivity contribution in [2.75, 3.05) is 11.9 Å². The van der Waals surface area contributed by atoms with Crippen LogP contribution in [-0.2, 0) is 17.9 Å². The van der Waals surface area contributed by atoms with E-state index in [1.165, 1.54) is 11.1 Å². The number of benzene rings is 1. The Balaban J connectivity index is 2.05. The lowest BCUT2D eigenvalue weighted by atomic mass is 10.1. The first-order valence-electron chi connectivity index (χ1n) is 6.58. The second-order valence-electron chi connectivity index (χ2n) is 4.41. The van der Waals surface area contributed by atoms with Crippen LogP contribution < -0.4 is 5.32 Å². The average Bonchev–Trinajstić information content (AvgIpc) is 2.44. The summed E-state index contributed by atoms with van der Waals surface area (Å²) in [5.41, 5.74) is 2.48. The van der Waals surface area contributed by atoms with E-state index in [-0.39, 0.29) is 0 Å². The number of hydrogen-bond donors (Lipinski definition) is 1. The van der Waals surface area contributed by atoms with Crippen molar-refractivity contribution < 1.29 is 4.74 Å². The molecule has 1 aromatic carbocycles. The summed E-state index contributed by atoms with van der Waals surface area (Å²) in [6.45, 7) is 5.72. The van der Waals surface area contributed by atoms with Crippen molar-refractivity contribution in [2.45, 2.75) is 27.0 Å². The van der Waals surface area contributed by atoms with Crippen LogP contribution in [0.4, 0.5) is 5.82 Å². The van der Waals surface area contributed by atoms with Gasteiger partial charge < -0.3 is 10.1 Å². The van der Waals surface area contributed by atoms with Crippen molar-refractivity contribution in [3.05, 3.63) is 52.4 Å². The standard InChI is InChI=1S/C15H18ClN3O/c1-3-20-10-15-18-13(16)8-14(19-15)17-9-12-7-5-4-6-11(12)2/h4-8H,3,9-10H2,1-2H3,(H,17,18,19). The first-order valence-corrected chi connectivity index (χ1v) is 6.96. The molecule has 0 spiro atoms. The summed E-state index contributed by atoms with van der Waals surface area (Å²) in [4.78, 5) is 8.52. The van der Waals surface area contributed by atoms with Crippen LogP contribution in [-0.4, -0.2) is 16.6 Å². The number of nitrogens with one attached hydrogen (secondary N) is 1. The summed E-state index contributed by atoms with van der Waals surface area (Å²) in [5.74, 6) is 1.30. The highest BCUT2D eigenvalue weighted by atomic mass is 35.5. The number of hydrogen-bond acceptors (Lipinski definition) is 4. The van der Waals surface area contributed by atoms with Crippen molar-refractivity contribution in [3.63, 3.8) is 0 Å². The molecule has 1 aromatic heterocycles. The highest BCUT2D eigenvalue weighted by molar-refractivity contribution is 6.29. The Hall–Kier alpha value is -1.65. The van der Waals surface area contributed by atoms with E-state index < -0.39 is 0 Å². The molecule has 0 saturated heterocycles. The maximum atomic E-state index is 6.00. The zero-order valence-electron chi connectivity index (χ0n) is 11.7. The first-order chi connectivity index (χ1) is 9.69. The molecule has 0 aliphatic rings. The van der Waals surface area contributed by atoms with Crippen LogP contribution in [0.1, 0.15) is 23.9 Å². The number of aromatic nitrogens is 2. The van der Waals surface area contributed by atoms with Crippen molar-refractivity contribution in [1.82, 2.24) is 9.97 Å². The molecule has 2 aromatic rings.